The van der Waals surface area contributed by atoms with Gasteiger partial charge in [0.15, 0.2) is 0 Å². The number of hydrogen-bond acceptors (Lipinski definition) is 4. The van der Waals surface area contributed by atoms with Gasteiger partial charge in [0.2, 0.25) is 0 Å². The van der Waals surface area contributed by atoms with Crippen molar-refractivity contribution in [1.29, 1.82) is 0 Å². The maximum atomic E-state index is 9.49. The average Bonchev–Trinajstić information content (AvgIpc) is 2.49. The number of aliphatic hydroxyl groups is 2. The fourth-order valence-electron chi connectivity index (χ4n) is 2.61. The molecular weight excluding hydrogens is 252 g/mol. The zero-order valence-electron chi connectivity index (χ0n) is 12.0. The molecule has 2 aliphatic heterocycles. The van der Waals surface area contributed by atoms with Crippen LogP contribution in [0.5, 0.6) is 0 Å². The van der Waals surface area contributed by atoms with Gasteiger partial charge < -0.3 is 15.5 Å². The van der Waals surface area contributed by atoms with Crippen LogP contribution in [-0.4, -0.2) is 54.0 Å². The second kappa shape index (κ2) is 8.37. The SMILES string of the molecule is OC1CNC1.OC[C@H](c1ccccc1)N1CCCCC1. The number of β-amino-alcohol motifs (C(OH)–C–C–N with tert-alkyl or cyclic N) is 1. The molecule has 0 spiro atoms. The first kappa shape index (κ1) is 15.4. The van der Waals surface area contributed by atoms with Crippen LogP contribution in [0.2, 0.25) is 0 Å². The maximum Gasteiger partial charge on any atom is 0.0788 e. The highest BCUT2D eigenvalue weighted by Gasteiger charge is 2.20. The maximum absolute atomic E-state index is 9.49. The molecule has 2 aliphatic rings. The van der Waals surface area contributed by atoms with Crippen molar-refractivity contribution < 1.29 is 10.2 Å². The van der Waals surface area contributed by atoms with E-state index in [4.69, 9.17) is 5.11 Å². The minimum absolute atomic E-state index is 0.0463. The van der Waals surface area contributed by atoms with E-state index in [1.807, 2.05) is 18.2 Å². The Morgan fingerprint density at radius 1 is 1.10 bits per heavy atom. The van der Waals surface area contributed by atoms with Gasteiger partial charge in [-0.3, -0.25) is 4.90 Å². The number of nitrogens with one attached hydrogen (secondary N) is 1. The lowest BCUT2D eigenvalue weighted by Crippen LogP contribution is -2.46. The molecule has 3 rings (SSSR count). The molecule has 1 aromatic rings. The minimum atomic E-state index is -0.0463. The Bertz CT molecular complexity index is 362. The van der Waals surface area contributed by atoms with Gasteiger partial charge >= 0.3 is 0 Å². The highest BCUT2D eigenvalue weighted by molar-refractivity contribution is 5.19. The first-order chi connectivity index (χ1) is 9.81. The van der Waals surface area contributed by atoms with E-state index in [1.54, 1.807) is 0 Å². The quantitative estimate of drug-likeness (QED) is 0.776. The number of piperidine rings is 1. The van der Waals surface area contributed by atoms with E-state index in [-0.39, 0.29) is 18.8 Å². The standard InChI is InChI=1S/C13H19NO.C3H7NO/c15-11-13(12-7-3-1-4-8-12)14-9-5-2-6-10-14;5-3-1-4-2-3/h1,3-4,7-8,13,15H,2,5-6,9-11H2;3-5H,1-2H2/t13-;/m1./s1. The second-order valence-corrected chi connectivity index (χ2v) is 5.52. The summed E-state index contributed by atoms with van der Waals surface area (Å²) in [4.78, 5) is 2.40. The Kier molecular flexibility index (Phi) is 6.47. The third-order valence-corrected chi connectivity index (χ3v) is 3.95. The topological polar surface area (TPSA) is 55.7 Å². The van der Waals surface area contributed by atoms with Crippen LogP contribution in [0.1, 0.15) is 30.9 Å². The number of likely N-dealkylation sites (tertiary alicyclic amines) is 1. The molecule has 4 heteroatoms. The smallest absolute Gasteiger partial charge is 0.0788 e. The Morgan fingerprint density at radius 3 is 2.15 bits per heavy atom. The van der Waals surface area contributed by atoms with E-state index >= 15 is 0 Å². The Balaban J connectivity index is 0.000000247. The molecule has 0 amide bonds. The number of aliphatic hydroxyl groups excluding tert-OH is 2. The van der Waals surface area contributed by atoms with Gasteiger partial charge in [-0.2, -0.15) is 0 Å². The molecule has 0 radical (unpaired) electrons. The lowest BCUT2D eigenvalue weighted by Gasteiger charge is -2.33. The zero-order valence-corrected chi connectivity index (χ0v) is 12.0. The fraction of sp³-hybridized carbons (Fsp3) is 0.625. The summed E-state index contributed by atoms with van der Waals surface area (Å²) in [7, 11) is 0. The van der Waals surface area contributed by atoms with Gasteiger partial charge in [-0.15, -0.1) is 0 Å². The summed E-state index contributed by atoms with van der Waals surface area (Å²) in [6, 6.07) is 10.5. The normalized spacial score (nSPS) is 21.5. The molecule has 0 aliphatic carbocycles. The third kappa shape index (κ3) is 4.56. The summed E-state index contributed by atoms with van der Waals surface area (Å²) in [6.45, 7) is 4.06. The molecule has 2 saturated heterocycles. The molecule has 1 aromatic carbocycles. The molecule has 0 aromatic heterocycles. The van der Waals surface area contributed by atoms with Crippen LogP contribution in [0.15, 0.2) is 30.3 Å². The predicted molar refractivity (Wildman–Crippen MR) is 80.6 cm³/mol. The van der Waals surface area contributed by atoms with Gasteiger partial charge in [0, 0.05) is 13.1 Å². The summed E-state index contributed by atoms with van der Waals surface area (Å²) in [6.07, 6.45) is 3.82. The van der Waals surface area contributed by atoms with E-state index in [1.165, 1.54) is 24.8 Å². The van der Waals surface area contributed by atoms with Crippen LogP contribution >= 0.6 is 0 Å². The number of hydrogen-bond donors (Lipinski definition) is 3. The monoisotopic (exact) mass is 278 g/mol. The van der Waals surface area contributed by atoms with Crippen molar-refractivity contribution in [2.24, 2.45) is 0 Å². The first-order valence-corrected chi connectivity index (χ1v) is 7.60. The molecule has 2 fully saturated rings. The van der Waals surface area contributed by atoms with E-state index in [0.29, 0.717) is 0 Å². The lowest BCUT2D eigenvalue weighted by atomic mass is 10.0. The molecule has 3 N–H and O–H groups in total. The molecule has 112 valence electrons. The van der Waals surface area contributed by atoms with Crippen molar-refractivity contribution in [3.05, 3.63) is 35.9 Å². The van der Waals surface area contributed by atoms with Crippen LogP contribution in [0.25, 0.3) is 0 Å². The van der Waals surface area contributed by atoms with Crippen molar-refractivity contribution in [1.82, 2.24) is 10.2 Å². The van der Waals surface area contributed by atoms with E-state index in [9.17, 15) is 5.11 Å². The number of rotatable bonds is 3. The fourth-order valence-corrected chi connectivity index (χ4v) is 2.61. The van der Waals surface area contributed by atoms with Crippen molar-refractivity contribution >= 4 is 0 Å². The predicted octanol–water partition coefficient (Wildman–Crippen LogP) is 1.16. The summed E-state index contributed by atoms with van der Waals surface area (Å²) < 4.78 is 0. The lowest BCUT2D eigenvalue weighted by molar-refractivity contribution is 0.104. The minimum Gasteiger partial charge on any atom is -0.394 e. The molecule has 0 unspecified atom stereocenters. The molecule has 0 bridgehead atoms. The van der Waals surface area contributed by atoms with Crippen molar-refractivity contribution in [3.8, 4) is 0 Å². The van der Waals surface area contributed by atoms with Gasteiger partial charge in [-0.25, -0.2) is 0 Å². The highest BCUT2D eigenvalue weighted by Crippen LogP contribution is 2.23. The Morgan fingerprint density at radius 2 is 1.70 bits per heavy atom. The summed E-state index contributed by atoms with van der Waals surface area (Å²) in [5.41, 5.74) is 1.24. The summed E-state index contributed by atoms with van der Waals surface area (Å²) in [5, 5.41) is 20.8. The molecule has 4 nitrogen and oxygen atoms in total. The summed E-state index contributed by atoms with van der Waals surface area (Å²) in [5.74, 6) is 0. The number of nitrogens with zero attached hydrogens (tertiary/aromatic N) is 1. The Hall–Kier alpha value is -0.940. The van der Waals surface area contributed by atoms with Crippen LogP contribution in [0.4, 0.5) is 0 Å². The third-order valence-electron chi connectivity index (χ3n) is 3.95. The first-order valence-electron chi connectivity index (χ1n) is 7.60. The van der Waals surface area contributed by atoms with Gasteiger partial charge in [0.1, 0.15) is 0 Å². The zero-order chi connectivity index (χ0) is 14.2. The molecule has 20 heavy (non-hydrogen) atoms. The van der Waals surface area contributed by atoms with Crippen LogP contribution in [-0.2, 0) is 0 Å². The highest BCUT2D eigenvalue weighted by atomic mass is 16.3. The van der Waals surface area contributed by atoms with E-state index in [2.05, 4.69) is 22.3 Å². The van der Waals surface area contributed by atoms with Crippen molar-refractivity contribution in [2.45, 2.75) is 31.4 Å². The van der Waals surface area contributed by atoms with Crippen molar-refractivity contribution in [3.63, 3.8) is 0 Å². The average molecular weight is 278 g/mol. The van der Waals surface area contributed by atoms with Gasteiger partial charge in [0.05, 0.1) is 18.8 Å². The largest absolute Gasteiger partial charge is 0.394 e. The van der Waals surface area contributed by atoms with Gasteiger partial charge in [0.25, 0.3) is 0 Å². The van der Waals surface area contributed by atoms with Crippen LogP contribution in [0, 0.1) is 0 Å². The second-order valence-electron chi connectivity index (χ2n) is 5.52. The summed E-state index contributed by atoms with van der Waals surface area (Å²) >= 11 is 0. The molecular formula is C16H26N2O2. The van der Waals surface area contributed by atoms with Crippen LogP contribution < -0.4 is 5.32 Å². The van der Waals surface area contributed by atoms with Gasteiger partial charge in [-0.05, 0) is 31.5 Å². The van der Waals surface area contributed by atoms with Crippen LogP contribution in [0.3, 0.4) is 0 Å². The molecule has 2 heterocycles. The van der Waals surface area contributed by atoms with E-state index < -0.39 is 0 Å². The number of benzene rings is 1. The van der Waals surface area contributed by atoms with Crippen molar-refractivity contribution in [2.75, 3.05) is 32.8 Å². The van der Waals surface area contributed by atoms with Gasteiger partial charge in [-0.1, -0.05) is 36.8 Å². The Labute approximate surface area is 121 Å². The molecule has 1 atom stereocenters. The van der Waals surface area contributed by atoms with E-state index in [0.717, 1.165) is 26.2 Å². The molecule has 0 saturated carbocycles.